The zero-order valence-electron chi connectivity index (χ0n) is 10.9. The van der Waals surface area contributed by atoms with E-state index in [9.17, 15) is 9.18 Å². The molecule has 0 radical (unpaired) electrons. The van der Waals surface area contributed by atoms with Gasteiger partial charge < -0.3 is 4.98 Å². The van der Waals surface area contributed by atoms with Gasteiger partial charge in [-0.15, -0.1) is 0 Å². The number of benzene rings is 1. The van der Waals surface area contributed by atoms with Crippen molar-refractivity contribution in [1.82, 2.24) is 9.97 Å². The summed E-state index contributed by atoms with van der Waals surface area (Å²) in [6.45, 7) is 6.02. The van der Waals surface area contributed by atoms with E-state index in [0.717, 1.165) is 5.69 Å². The highest BCUT2D eigenvalue weighted by molar-refractivity contribution is 14.1. The van der Waals surface area contributed by atoms with Crippen molar-refractivity contribution >= 4 is 22.6 Å². The van der Waals surface area contributed by atoms with E-state index in [1.165, 1.54) is 12.1 Å². The van der Waals surface area contributed by atoms with Crippen LogP contribution in [0.5, 0.6) is 0 Å². The summed E-state index contributed by atoms with van der Waals surface area (Å²) >= 11 is 2.01. The first-order valence-corrected chi connectivity index (χ1v) is 6.93. The summed E-state index contributed by atoms with van der Waals surface area (Å²) in [6, 6.07) is 5.91. The first-order valence-electron chi connectivity index (χ1n) is 5.85. The molecule has 1 aromatic heterocycles. The van der Waals surface area contributed by atoms with Gasteiger partial charge in [-0.2, -0.15) is 0 Å². The lowest BCUT2D eigenvalue weighted by Crippen LogP contribution is -2.24. The van der Waals surface area contributed by atoms with Gasteiger partial charge in [-0.05, 0) is 46.9 Å². The maximum atomic E-state index is 12.9. The van der Waals surface area contributed by atoms with Crippen LogP contribution in [0.25, 0.3) is 11.4 Å². The van der Waals surface area contributed by atoms with Crippen molar-refractivity contribution in [3.8, 4) is 11.4 Å². The molecule has 0 aliphatic carbocycles. The largest absolute Gasteiger partial charge is 0.306 e. The number of nitrogens with one attached hydrogen (secondary N) is 1. The van der Waals surface area contributed by atoms with Crippen LogP contribution in [-0.2, 0) is 5.41 Å². The molecular formula is C14H14FIN2O. The summed E-state index contributed by atoms with van der Waals surface area (Å²) in [5.74, 6) is 0.156. The Morgan fingerprint density at radius 2 is 1.79 bits per heavy atom. The minimum atomic E-state index is -0.312. The third-order valence-electron chi connectivity index (χ3n) is 2.69. The molecule has 0 aliphatic heterocycles. The van der Waals surface area contributed by atoms with Gasteiger partial charge in [0.25, 0.3) is 5.56 Å². The maximum absolute atomic E-state index is 12.9. The smallest absolute Gasteiger partial charge is 0.264 e. The molecule has 0 bridgehead atoms. The first kappa shape index (κ1) is 14.2. The number of aromatic amines is 1. The Morgan fingerprint density at radius 3 is 2.32 bits per heavy atom. The van der Waals surface area contributed by atoms with Gasteiger partial charge in [-0.3, -0.25) is 4.79 Å². The number of hydrogen-bond donors (Lipinski definition) is 1. The van der Waals surface area contributed by atoms with Gasteiger partial charge in [-0.1, -0.05) is 20.8 Å². The molecule has 0 aliphatic rings. The third kappa shape index (κ3) is 3.02. The van der Waals surface area contributed by atoms with E-state index < -0.39 is 0 Å². The fourth-order valence-electron chi connectivity index (χ4n) is 1.70. The van der Waals surface area contributed by atoms with E-state index in [4.69, 9.17) is 0 Å². The SMILES string of the molecule is CC(C)(C)c1nc(-c2ccc(F)cc2)[nH]c(=O)c1I. The van der Waals surface area contributed by atoms with Crippen LogP contribution in [-0.4, -0.2) is 9.97 Å². The minimum absolute atomic E-state index is 0.167. The first-order chi connectivity index (χ1) is 8.79. The van der Waals surface area contributed by atoms with Gasteiger partial charge in [0.2, 0.25) is 0 Å². The van der Waals surface area contributed by atoms with Crippen molar-refractivity contribution in [3.63, 3.8) is 0 Å². The van der Waals surface area contributed by atoms with Crippen LogP contribution in [0.4, 0.5) is 4.39 Å². The molecule has 5 heteroatoms. The number of hydrogen-bond acceptors (Lipinski definition) is 2. The Bertz CT molecular complexity index is 657. The Hall–Kier alpha value is -1.24. The highest BCUT2D eigenvalue weighted by atomic mass is 127. The second kappa shape index (κ2) is 5.03. The average molecular weight is 372 g/mol. The highest BCUT2D eigenvalue weighted by Crippen LogP contribution is 2.25. The maximum Gasteiger partial charge on any atom is 0.264 e. The molecule has 0 fully saturated rings. The quantitative estimate of drug-likeness (QED) is 0.780. The molecule has 0 unspecified atom stereocenters. The normalized spacial score (nSPS) is 11.6. The Labute approximate surface area is 124 Å². The van der Waals surface area contributed by atoms with Gasteiger partial charge in [0.1, 0.15) is 15.2 Å². The lowest BCUT2D eigenvalue weighted by Gasteiger charge is -2.19. The van der Waals surface area contributed by atoms with E-state index in [-0.39, 0.29) is 16.8 Å². The molecule has 1 aromatic carbocycles. The van der Waals surface area contributed by atoms with Crippen LogP contribution >= 0.6 is 22.6 Å². The van der Waals surface area contributed by atoms with E-state index >= 15 is 0 Å². The highest BCUT2D eigenvalue weighted by Gasteiger charge is 2.22. The third-order valence-corrected chi connectivity index (χ3v) is 3.69. The van der Waals surface area contributed by atoms with Gasteiger partial charge in [0.05, 0.1) is 5.69 Å². The molecule has 19 heavy (non-hydrogen) atoms. The summed E-state index contributed by atoms with van der Waals surface area (Å²) in [4.78, 5) is 19.2. The fourth-order valence-corrected chi connectivity index (χ4v) is 2.76. The van der Waals surface area contributed by atoms with Crippen LogP contribution in [0.3, 0.4) is 0 Å². The van der Waals surface area contributed by atoms with E-state index in [1.807, 2.05) is 43.4 Å². The summed E-state index contributed by atoms with van der Waals surface area (Å²) in [7, 11) is 0. The summed E-state index contributed by atoms with van der Waals surface area (Å²) in [5.41, 5.74) is 1.05. The van der Waals surface area contributed by atoms with E-state index in [1.54, 1.807) is 12.1 Å². The van der Waals surface area contributed by atoms with E-state index in [0.29, 0.717) is 15.0 Å². The molecule has 0 saturated carbocycles. The molecule has 2 aromatic rings. The molecule has 100 valence electrons. The lowest BCUT2D eigenvalue weighted by molar-refractivity contribution is 0.562. The zero-order chi connectivity index (χ0) is 14.2. The standard InChI is InChI=1S/C14H14FIN2O/c1-14(2,3)11-10(16)13(19)18-12(17-11)8-4-6-9(15)7-5-8/h4-7H,1-3H3,(H,17,18,19). The molecule has 0 saturated heterocycles. The number of halogens is 2. The Kier molecular flexibility index (Phi) is 3.75. The topological polar surface area (TPSA) is 45.8 Å². The molecular weight excluding hydrogens is 358 g/mol. The number of aromatic nitrogens is 2. The Balaban J connectivity index is 2.63. The second-order valence-corrected chi connectivity index (χ2v) is 6.41. The fraction of sp³-hybridized carbons (Fsp3) is 0.286. The molecule has 0 atom stereocenters. The van der Waals surface area contributed by atoms with Crippen molar-refractivity contribution in [2.75, 3.05) is 0 Å². The van der Waals surface area contributed by atoms with Gasteiger partial charge in [0.15, 0.2) is 0 Å². The van der Waals surface area contributed by atoms with Crippen LogP contribution in [0.15, 0.2) is 29.1 Å². The minimum Gasteiger partial charge on any atom is -0.306 e. The van der Waals surface area contributed by atoms with Gasteiger partial charge in [-0.25, -0.2) is 9.37 Å². The summed E-state index contributed by atoms with van der Waals surface area (Å²) < 4.78 is 13.5. The van der Waals surface area contributed by atoms with E-state index in [2.05, 4.69) is 9.97 Å². The zero-order valence-corrected chi connectivity index (χ0v) is 13.1. The van der Waals surface area contributed by atoms with Crippen molar-refractivity contribution in [2.24, 2.45) is 0 Å². The van der Waals surface area contributed by atoms with Crippen LogP contribution in [0.1, 0.15) is 26.5 Å². The molecule has 2 rings (SSSR count). The van der Waals surface area contributed by atoms with Crippen LogP contribution in [0, 0.1) is 9.39 Å². The molecule has 3 nitrogen and oxygen atoms in total. The summed E-state index contributed by atoms with van der Waals surface area (Å²) in [5, 5.41) is 0. The van der Waals surface area contributed by atoms with Gasteiger partial charge >= 0.3 is 0 Å². The van der Waals surface area contributed by atoms with Crippen LogP contribution in [0.2, 0.25) is 0 Å². The van der Waals surface area contributed by atoms with Crippen LogP contribution < -0.4 is 5.56 Å². The molecule has 1 N–H and O–H groups in total. The molecule has 1 heterocycles. The average Bonchev–Trinajstić information content (AvgIpc) is 2.32. The predicted octanol–water partition coefficient (Wildman–Crippen LogP) is 3.48. The van der Waals surface area contributed by atoms with Crippen molar-refractivity contribution in [1.29, 1.82) is 0 Å². The van der Waals surface area contributed by atoms with Crippen molar-refractivity contribution < 1.29 is 4.39 Å². The lowest BCUT2D eigenvalue weighted by atomic mass is 9.92. The van der Waals surface area contributed by atoms with Gasteiger partial charge in [0, 0.05) is 11.0 Å². The number of H-pyrrole nitrogens is 1. The monoisotopic (exact) mass is 372 g/mol. The number of nitrogens with zero attached hydrogens (tertiary/aromatic N) is 1. The molecule has 0 amide bonds. The van der Waals surface area contributed by atoms with Crippen molar-refractivity contribution in [2.45, 2.75) is 26.2 Å². The Morgan fingerprint density at radius 1 is 1.21 bits per heavy atom. The van der Waals surface area contributed by atoms with Crippen molar-refractivity contribution in [3.05, 3.63) is 49.7 Å². The summed E-state index contributed by atoms with van der Waals surface area (Å²) in [6.07, 6.45) is 0. The molecule has 0 spiro atoms. The predicted molar refractivity (Wildman–Crippen MR) is 81.7 cm³/mol. The number of rotatable bonds is 1. The second-order valence-electron chi connectivity index (χ2n) is 5.33.